The highest BCUT2D eigenvalue weighted by Gasteiger charge is 2.27. The molecule has 1 fully saturated rings. The number of benzene rings is 1. The van der Waals surface area contributed by atoms with Crippen molar-refractivity contribution in [1.82, 2.24) is 15.0 Å². The second-order valence-corrected chi connectivity index (χ2v) is 5.61. The first-order valence-electron chi connectivity index (χ1n) is 7.75. The van der Waals surface area contributed by atoms with E-state index in [0.29, 0.717) is 48.9 Å². The predicted molar refractivity (Wildman–Crippen MR) is 86.0 cm³/mol. The first-order chi connectivity index (χ1) is 11.6. The summed E-state index contributed by atoms with van der Waals surface area (Å²) in [4.78, 5) is 28.4. The lowest BCUT2D eigenvalue weighted by molar-refractivity contribution is 0.0528. The molecule has 0 saturated carbocycles. The first-order valence-corrected chi connectivity index (χ1v) is 7.75. The molecule has 0 bridgehead atoms. The molecular formula is C17H19N3O4. The molecule has 7 nitrogen and oxygen atoms in total. The molecule has 0 atom stereocenters. The topological polar surface area (TPSA) is 75.9 Å². The number of hydrogen-bond donors (Lipinski definition) is 0. The summed E-state index contributed by atoms with van der Waals surface area (Å²) in [7, 11) is 1.54. The molecule has 1 saturated heterocycles. The Bertz CT molecular complexity index is 748. The molecule has 0 spiro atoms. The van der Waals surface area contributed by atoms with E-state index < -0.39 is 0 Å². The average Bonchev–Trinajstić information content (AvgIpc) is 3.07. The van der Waals surface area contributed by atoms with Gasteiger partial charge in [-0.3, -0.25) is 9.59 Å². The Hall–Kier alpha value is -2.83. The number of nitrogens with zero attached hydrogens (tertiary/aromatic N) is 3. The zero-order chi connectivity index (χ0) is 17.1. The van der Waals surface area contributed by atoms with Gasteiger partial charge < -0.3 is 19.1 Å². The number of ether oxygens (including phenoxy) is 1. The van der Waals surface area contributed by atoms with E-state index in [0.717, 1.165) is 0 Å². The fourth-order valence-electron chi connectivity index (χ4n) is 2.73. The fraction of sp³-hybridized carbons (Fsp3) is 0.353. The van der Waals surface area contributed by atoms with Gasteiger partial charge in [-0.15, -0.1) is 0 Å². The molecule has 0 aliphatic carbocycles. The average molecular weight is 329 g/mol. The third-order valence-corrected chi connectivity index (χ3v) is 4.04. The van der Waals surface area contributed by atoms with Crippen LogP contribution in [0.25, 0.3) is 0 Å². The lowest BCUT2D eigenvalue weighted by Gasteiger charge is -2.34. The van der Waals surface area contributed by atoms with Crippen molar-refractivity contribution in [3.63, 3.8) is 0 Å². The van der Waals surface area contributed by atoms with E-state index >= 15 is 0 Å². The maximum Gasteiger partial charge on any atom is 0.276 e. The Morgan fingerprint density at radius 2 is 1.71 bits per heavy atom. The van der Waals surface area contributed by atoms with Crippen LogP contribution >= 0.6 is 0 Å². The zero-order valence-electron chi connectivity index (χ0n) is 13.7. The Kier molecular flexibility index (Phi) is 4.50. The van der Waals surface area contributed by atoms with Crippen LogP contribution in [0.2, 0.25) is 0 Å². The number of rotatable bonds is 3. The van der Waals surface area contributed by atoms with Crippen LogP contribution in [-0.4, -0.2) is 60.1 Å². The van der Waals surface area contributed by atoms with Crippen LogP contribution in [-0.2, 0) is 0 Å². The molecule has 1 aromatic heterocycles. The molecule has 24 heavy (non-hydrogen) atoms. The Balaban J connectivity index is 1.64. The fourth-order valence-corrected chi connectivity index (χ4v) is 2.73. The summed E-state index contributed by atoms with van der Waals surface area (Å²) in [6, 6.07) is 8.76. The summed E-state index contributed by atoms with van der Waals surface area (Å²) in [6.07, 6.45) is 0. The Labute approximate surface area is 139 Å². The maximum absolute atomic E-state index is 12.6. The SMILES string of the molecule is COc1ccccc1C(=O)N1CCN(C(=O)c2cc(C)on2)CC1. The molecular weight excluding hydrogens is 310 g/mol. The summed E-state index contributed by atoms with van der Waals surface area (Å²) >= 11 is 0. The maximum atomic E-state index is 12.6. The molecule has 1 aliphatic heterocycles. The van der Waals surface area contributed by atoms with E-state index in [-0.39, 0.29) is 11.8 Å². The van der Waals surface area contributed by atoms with E-state index in [9.17, 15) is 9.59 Å². The van der Waals surface area contributed by atoms with Crippen LogP contribution < -0.4 is 4.74 Å². The second-order valence-electron chi connectivity index (χ2n) is 5.61. The van der Waals surface area contributed by atoms with Gasteiger partial charge in [0.25, 0.3) is 11.8 Å². The van der Waals surface area contributed by atoms with Crippen molar-refractivity contribution < 1.29 is 18.8 Å². The van der Waals surface area contributed by atoms with Crippen molar-refractivity contribution in [3.8, 4) is 5.75 Å². The monoisotopic (exact) mass is 329 g/mol. The lowest BCUT2D eigenvalue weighted by atomic mass is 10.1. The highest BCUT2D eigenvalue weighted by Crippen LogP contribution is 2.20. The lowest BCUT2D eigenvalue weighted by Crippen LogP contribution is -2.50. The van der Waals surface area contributed by atoms with E-state index in [2.05, 4.69) is 5.16 Å². The number of para-hydroxylation sites is 1. The normalized spacial score (nSPS) is 14.6. The van der Waals surface area contributed by atoms with Gasteiger partial charge >= 0.3 is 0 Å². The van der Waals surface area contributed by atoms with Gasteiger partial charge in [0.1, 0.15) is 11.5 Å². The van der Waals surface area contributed by atoms with Gasteiger partial charge in [0.05, 0.1) is 12.7 Å². The highest BCUT2D eigenvalue weighted by molar-refractivity contribution is 5.97. The molecule has 126 valence electrons. The van der Waals surface area contributed by atoms with Crippen molar-refractivity contribution in [3.05, 3.63) is 47.3 Å². The molecule has 1 aliphatic rings. The highest BCUT2D eigenvalue weighted by atomic mass is 16.5. The number of aromatic nitrogens is 1. The van der Waals surface area contributed by atoms with E-state index in [1.54, 1.807) is 42.0 Å². The Morgan fingerprint density at radius 1 is 1.08 bits per heavy atom. The van der Waals surface area contributed by atoms with Gasteiger partial charge in [-0.2, -0.15) is 0 Å². The molecule has 0 radical (unpaired) electrons. The van der Waals surface area contributed by atoms with Crippen LogP contribution in [0.15, 0.2) is 34.9 Å². The van der Waals surface area contributed by atoms with Crippen LogP contribution in [0.1, 0.15) is 26.6 Å². The molecule has 1 aromatic carbocycles. The van der Waals surface area contributed by atoms with E-state index in [1.807, 2.05) is 12.1 Å². The molecule has 0 N–H and O–H groups in total. The zero-order valence-corrected chi connectivity index (χ0v) is 13.7. The van der Waals surface area contributed by atoms with Gasteiger partial charge in [0.15, 0.2) is 5.69 Å². The van der Waals surface area contributed by atoms with Crippen LogP contribution in [0, 0.1) is 6.92 Å². The van der Waals surface area contributed by atoms with Crippen LogP contribution in [0.3, 0.4) is 0 Å². The smallest absolute Gasteiger partial charge is 0.276 e. The number of methoxy groups -OCH3 is 1. The third kappa shape index (κ3) is 3.10. The van der Waals surface area contributed by atoms with Gasteiger partial charge in [0.2, 0.25) is 0 Å². The summed E-state index contributed by atoms with van der Waals surface area (Å²) < 4.78 is 10.2. The number of carbonyl (C=O) groups is 2. The van der Waals surface area contributed by atoms with Crippen molar-refractivity contribution in [1.29, 1.82) is 0 Å². The summed E-state index contributed by atoms with van der Waals surface area (Å²) in [5.41, 5.74) is 0.837. The van der Waals surface area contributed by atoms with Crippen molar-refractivity contribution in [2.24, 2.45) is 0 Å². The number of hydrogen-bond acceptors (Lipinski definition) is 5. The van der Waals surface area contributed by atoms with Gasteiger partial charge in [-0.25, -0.2) is 0 Å². The molecule has 2 amide bonds. The molecule has 2 aromatic rings. The summed E-state index contributed by atoms with van der Waals surface area (Å²) in [5, 5.41) is 3.75. The number of piperazine rings is 1. The molecule has 0 unspecified atom stereocenters. The number of amides is 2. The summed E-state index contributed by atoms with van der Waals surface area (Å²) in [5.74, 6) is 0.899. The standard InChI is InChI=1S/C17H19N3O4/c1-12-11-14(18-24-12)17(22)20-9-7-19(8-10-20)16(21)13-5-3-4-6-15(13)23-2/h3-6,11H,7-10H2,1-2H3. The first kappa shape index (κ1) is 16.0. The minimum Gasteiger partial charge on any atom is -0.496 e. The van der Waals surface area contributed by atoms with Gasteiger partial charge in [-0.1, -0.05) is 17.3 Å². The second kappa shape index (κ2) is 6.74. The van der Waals surface area contributed by atoms with Gasteiger partial charge in [-0.05, 0) is 19.1 Å². The van der Waals surface area contributed by atoms with E-state index in [1.165, 1.54) is 0 Å². The van der Waals surface area contributed by atoms with Crippen molar-refractivity contribution >= 4 is 11.8 Å². The van der Waals surface area contributed by atoms with Crippen molar-refractivity contribution in [2.45, 2.75) is 6.92 Å². The minimum atomic E-state index is -0.170. The van der Waals surface area contributed by atoms with Crippen LogP contribution in [0.4, 0.5) is 0 Å². The quantitative estimate of drug-likeness (QED) is 0.855. The molecule has 2 heterocycles. The van der Waals surface area contributed by atoms with E-state index in [4.69, 9.17) is 9.26 Å². The number of aryl methyl sites for hydroxylation is 1. The minimum absolute atomic E-state index is 0.0863. The van der Waals surface area contributed by atoms with Gasteiger partial charge in [0, 0.05) is 32.2 Å². The van der Waals surface area contributed by atoms with Crippen LogP contribution in [0.5, 0.6) is 5.75 Å². The largest absolute Gasteiger partial charge is 0.496 e. The summed E-state index contributed by atoms with van der Waals surface area (Å²) in [6.45, 7) is 3.61. The molecule has 3 rings (SSSR count). The Morgan fingerprint density at radius 3 is 2.29 bits per heavy atom. The predicted octanol–water partition coefficient (Wildman–Crippen LogP) is 1.59. The molecule has 7 heteroatoms. The van der Waals surface area contributed by atoms with Crippen molar-refractivity contribution in [2.75, 3.05) is 33.3 Å². The third-order valence-electron chi connectivity index (χ3n) is 4.04. The number of carbonyl (C=O) groups excluding carboxylic acids is 2.